The fourth-order valence-corrected chi connectivity index (χ4v) is 3.95. The predicted molar refractivity (Wildman–Crippen MR) is 79.9 cm³/mol. The summed E-state index contributed by atoms with van der Waals surface area (Å²) in [5, 5.41) is 10.2. The number of sulfonamides is 1. The molecule has 0 aliphatic rings. The Morgan fingerprint density at radius 1 is 1.29 bits per heavy atom. The maximum Gasteiger partial charge on any atom is 0.345 e. The summed E-state index contributed by atoms with van der Waals surface area (Å²) in [5.74, 6) is -0.526. The predicted octanol–water partition coefficient (Wildman–Crippen LogP) is 2.28. The molecule has 0 bridgehead atoms. The largest absolute Gasteiger partial charge is 0.497 e. The number of carboxylic acid groups (broad SMARTS) is 1. The number of rotatable bonds is 5. The van der Waals surface area contributed by atoms with E-state index in [1.807, 2.05) is 0 Å². The first-order valence-corrected chi connectivity index (χ1v) is 8.13. The number of hydrogen-bond acceptors (Lipinski definition) is 5. The number of hydrogen-bond donors (Lipinski definition) is 1. The third-order valence-corrected chi connectivity index (χ3v) is 5.71. The highest BCUT2D eigenvalue weighted by Crippen LogP contribution is 2.27. The number of carboxylic acids is 1. The van der Waals surface area contributed by atoms with E-state index in [0.717, 1.165) is 21.7 Å². The summed E-state index contributed by atoms with van der Waals surface area (Å²) < 4.78 is 31.0. The van der Waals surface area contributed by atoms with Crippen LogP contribution in [0.5, 0.6) is 5.75 Å². The van der Waals surface area contributed by atoms with Gasteiger partial charge in [-0.05, 0) is 30.3 Å². The van der Waals surface area contributed by atoms with E-state index < -0.39 is 16.0 Å². The molecule has 0 amide bonds. The number of carbonyl (C=O) groups is 1. The van der Waals surface area contributed by atoms with Gasteiger partial charge in [0.2, 0.25) is 0 Å². The van der Waals surface area contributed by atoms with E-state index in [4.69, 9.17) is 9.84 Å². The smallest absolute Gasteiger partial charge is 0.345 e. The van der Waals surface area contributed by atoms with E-state index in [1.165, 1.54) is 19.5 Å². The second kappa shape index (κ2) is 5.74. The Hall–Kier alpha value is -2.06. The first kappa shape index (κ1) is 15.3. The quantitative estimate of drug-likeness (QED) is 0.911. The van der Waals surface area contributed by atoms with Gasteiger partial charge in [0.25, 0.3) is 10.0 Å². The van der Waals surface area contributed by atoms with Crippen molar-refractivity contribution in [1.82, 2.24) is 0 Å². The molecule has 0 fully saturated rings. The third kappa shape index (κ3) is 3.01. The van der Waals surface area contributed by atoms with Crippen LogP contribution in [0.25, 0.3) is 0 Å². The molecule has 1 aromatic heterocycles. The second-order valence-electron chi connectivity index (χ2n) is 4.12. The molecule has 1 N–H and O–H groups in total. The van der Waals surface area contributed by atoms with E-state index >= 15 is 0 Å². The Bertz CT molecular complexity index is 749. The van der Waals surface area contributed by atoms with Crippen LogP contribution >= 0.6 is 11.3 Å². The molecule has 0 saturated heterocycles. The lowest BCUT2D eigenvalue weighted by Crippen LogP contribution is -2.26. The molecule has 2 rings (SSSR count). The fraction of sp³-hybridized carbons (Fsp3) is 0.154. The number of ether oxygens (including phenoxy) is 1. The molecule has 1 heterocycles. The molecule has 112 valence electrons. The molecule has 0 atom stereocenters. The van der Waals surface area contributed by atoms with Gasteiger partial charge in [-0.2, -0.15) is 0 Å². The molecule has 0 aliphatic heterocycles. The van der Waals surface area contributed by atoms with Gasteiger partial charge in [0.05, 0.1) is 17.7 Å². The average molecular weight is 327 g/mol. The summed E-state index contributed by atoms with van der Waals surface area (Å²) in [5.41, 5.74) is 0.457. The van der Waals surface area contributed by atoms with Crippen molar-refractivity contribution in [3.63, 3.8) is 0 Å². The topological polar surface area (TPSA) is 83.9 Å². The van der Waals surface area contributed by atoms with Gasteiger partial charge in [0, 0.05) is 12.4 Å². The molecule has 0 radical (unpaired) electrons. The zero-order chi connectivity index (χ0) is 15.6. The van der Waals surface area contributed by atoms with E-state index in [0.29, 0.717) is 11.4 Å². The van der Waals surface area contributed by atoms with Crippen LogP contribution in [-0.2, 0) is 10.0 Å². The van der Waals surface area contributed by atoms with Crippen LogP contribution in [0, 0.1) is 0 Å². The second-order valence-corrected chi connectivity index (χ2v) is 7.00. The molecule has 6 nitrogen and oxygen atoms in total. The monoisotopic (exact) mass is 327 g/mol. The number of thiophene rings is 1. The lowest BCUT2D eigenvalue weighted by molar-refractivity contribution is 0.0702. The molecule has 2 aromatic rings. The van der Waals surface area contributed by atoms with Gasteiger partial charge >= 0.3 is 5.97 Å². The van der Waals surface area contributed by atoms with E-state index in [-0.39, 0.29) is 9.77 Å². The van der Waals surface area contributed by atoms with Crippen LogP contribution in [0.2, 0.25) is 0 Å². The van der Waals surface area contributed by atoms with Gasteiger partial charge < -0.3 is 9.84 Å². The molecule has 1 aromatic carbocycles. The lowest BCUT2D eigenvalue weighted by atomic mass is 10.3. The van der Waals surface area contributed by atoms with Crippen molar-refractivity contribution < 1.29 is 23.1 Å². The van der Waals surface area contributed by atoms with Gasteiger partial charge in [0.1, 0.15) is 10.6 Å². The Morgan fingerprint density at radius 2 is 1.90 bits per heavy atom. The van der Waals surface area contributed by atoms with Crippen molar-refractivity contribution >= 4 is 33.0 Å². The van der Waals surface area contributed by atoms with Gasteiger partial charge in [-0.3, -0.25) is 4.31 Å². The third-order valence-electron chi connectivity index (χ3n) is 2.88. The van der Waals surface area contributed by atoms with Crippen molar-refractivity contribution in [2.24, 2.45) is 0 Å². The van der Waals surface area contributed by atoms with Crippen LogP contribution < -0.4 is 9.04 Å². The number of nitrogens with zero attached hydrogens (tertiary/aromatic N) is 1. The maximum absolute atomic E-state index is 12.4. The SMILES string of the molecule is COc1ccc(N(C)S(=O)(=O)c2csc(C(=O)O)c2)cc1. The van der Waals surface area contributed by atoms with Crippen LogP contribution in [-0.4, -0.2) is 33.7 Å². The minimum atomic E-state index is -3.78. The molecule has 0 saturated carbocycles. The van der Waals surface area contributed by atoms with Gasteiger partial charge in [-0.15, -0.1) is 11.3 Å². The van der Waals surface area contributed by atoms with E-state index in [2.05, 4.69) is 0 Å². The number of benzene rings is 1. The van der Waals surface area contributed by atoms with E-state index in [1.54, 1.807) is 24.3 Å². The van der Waals surface area contributed by atoms with Gasteiger partial charge in [0.15, 0.2) is 0 Å². The minimum Gasteiger partial charge on any atom is -0.497 e. The molecule has 0 unspecified atom stereocenters. The standard InChI is InChI=1S/C13H13NO5S2/c1-14(9-3-5-10(19-2)6-4-9)21(17,18)11-7-12(13(15)16)20-8-11/h3-8H,1-2H3,(H,15,16). The Labute approximate surface area is 126 Å². The van der Waals surface area contributed by atoms with Crippen molar-refractivity contribution in [3.8, 4) is 5.75 Å². The van der Waals surface area contributed by atoms with Crippen molar-refractivity contribution in [1.29, 1.82) is 0 Å². The summed E-state index contributed by atoms with van der Waals surface area (Å²) in [6, 6.07) is 7.68. The molecule has 21 heavy (non-hydrogen) atoms. The minimum absolute atomic E-state index is 0.0169. The summed E-state index contributed by atoms with van der Waals surface area (Å²) >= 11 is 0.878. The Kier molecular flexibility index (Phi) is 4.19. The van der Waals surface area contributed by atoms with Crippen LogP contribution in [0.3, 0.4) is 0 Å². The number of methoxy groups -OCH3 is 1. The highest BCUT2D eigenvalue weighted by molar-refractivity contribution is 7.93. The fourth-order valence-electron chi connectivity index (χ4n) is 1.66. The van der Waals surface area contributed by atoms with Crippen LogP contribution in [0.15, 0.2) is 40.6 Å². The summed E-state index contributed by atoms with van der Waals surface area (Å²) in [4.78, 5) is 10.8. The molecule has 0 aliphatic carbocycles. The van der Waals surface area contributed by atoms with Crippen molar-refractivity contribution in [2.75, 3.05) is 18.5 Å². The molecule has 8 heteroatoms. The van der Waals surface area contributed by atoms with Crippen molar-refractivity contribution in [3.05, 3.63) is 40.6 Å². The summed E-state index contributed by atoms with van der Waals surface area (Å²) in [6.07, 6.45) is 0. The Balaban J connectivity index is 2.34. The Morgan fingerprint density at radius 3 is 2.38 bits per heavy atom. The average Bonchev–Trinajstić information content (AvgIpc) is 2.97. The van der Waals surface area contributed by atoms with Crippen molar-refractivity contribution in [2.45, 2.75) is 4.90 Å². The number of aromatic carboxylic acids is 1. The van der Waals surface area contributed by atoms with Gasteiger partial charge in [-0.25, -0.2) is 13.2 Å². The molecular weight excluding hydrogens is 314 g/mol. The normalized spacial score (nSPS) is 11.1. The first-order valence-electron chi connectivity index (χ1n) is 5.81. The number of anilines is 1. The zero-order valence-electron chi connectivity index (χ0n) is 11.3. The van der Waals surface area contributed by atoms with E-state index in [9.17, 15) is 13.2 Å². The summed E-state index contributed by atoms with van der Waals surface area (Å²) in [6.45, 7) is 0. The highest BCUT2D eigenvalue weighted by atomic mass is 32.2. The zero-order valence-corrected chi connectivity index (χ0v) is 12.9. The lowest BCUT2D eigenvalue weighted by Gasteiger charge is -2.18. The maximum atomic E-state index is 12.4. The first-order chi connectivity index (χ1) is 9.86. The van der Waals surface area contributed by atoms with Crippen LogP contribution in [0.1, 0.15) is 9.67 Å². The summed E-state index contributed by atoms with van der Waals surface area (Å²) in [7, 11) is -0.851. The highest BCUT2D eigenvalue weighted by Gasteiger charge is 2.24. The molecule has 0 spiro atoms. The van der Waals surface area contributed by atoms with Crippen LogP contribution in [0.4, 0.5) is 5.69 Å². The van der Waals surface area contributed by atoms with Gasteiger partial charge in [-0.1, -0.05) is 0 Å². The molecular formula is C13H13NO5S2.